The van der Waals surface area contributed by atoms with Gasteiger partial charge in [0.05, 0.1) is 41.1 Å². The number of nitrogens with zero attached hydrogens (tertiary/aromatic N) is 3. The van der Waals surface area contributed by atoms with E-state index >= 15 is 0 Å². The molecule has 47 heavy (non-hydrogen) atoms. The average molecular weight is 687 g/mol. The zero-order chi connectivity index (χ0) is 34.6. The van der Waals surface area contributed by atoms with E-state index in [2.05, 4.69) is 20.8 Å². The number of unbranched alkanes of at least 4 members (excludes halogenated alkanes) is 1. The van der Waals surface area contributed by atoms with Crippen LogP contribution < -0.4 is 19.4 Å². The second kappa shape index (κ2) is 17.7. The largest absolute Gasteiger partial charge is 0.748 e. The van der Waals surface area contributed by atoms with Crippen LogP contribution in [0.1, 0.15) is 40.5 Å². The van der Waals surface area contributed by atoms with E-state index in [0.29, 0.717) is 30.3 Å². The van der Waals surface area contributed by atoms with Crippen LogP contribution in [0.15, 0.2) is 78.3 Å². The van der Waals surface area contributed by atoms with Gasteiger partial charge in [0.2, 0.25) is 5.88 Å². The molecule has 1 N–H and O–H groups in total. The number of benzene rings is 2. The number of allylic oxidation sites excluding steroid dienone is 2. The van der Waals surface area contributed by atoms with Crippen LogP contribution >= 0.6 is 12.2 Å². The van der Waals surface area contributed by atoms with Crippen molar-refractivity contribution in [2.75, 3.05) is 54.9 Å². The second-order valence-corrected chi connectivity index (χ2v) is 12.7. The van der Waals surface area contributed by atoms with Gasteiger partial charge in [-0.15, -0.1) is 0 Å². The Hall–Kier alpha value is -4.11. The first-order valence-corrected chi connectivity index (χ1v) is 17.5. The maximum Gasteiger partial charge on any atom is 0.326 e. The van der Waals surface area contributed by atoms with Crippen molar-refractivity contribution in [3.05, 3.63) is 78.3 Å². The summed E-state index contributed by atoms with van der Waals surface area (Å²) in [5.74, 6) is -1.09. The Morgan fingerprint density at radius 3 is 2.19 bits per heavy atom. The second-order valence-electron chi connectivity index (χ2n) is 10.8. The van der Waals surface area contributed by atoms with E-state index < -0.39 is 40.9 Å². The number of nitrogens with one attached hydrogen (secondary N) is 1. The Morgan fingerprint density at radius 1 is 0.957 bits per heavy atom. The third-order valence-electron chi connectivity index (χ3n) is 7.42. The van der Waals surface area contributed by atoms with E-state index in [4.69, 9.17) is 21.7 Å². The molecule has 0 unspecified atom stereocenters. The molecule has 12 nitrogen and oxygen atoms in total. The molecule has 1 saturated heterocycles. The van der Waals surface area contributed by atoms with Crippen molar-refractivity contribution in [3.63, 3.8) is 0 Å². The quantitative estimate of drug-likeness (QED) is 0.103. The van der Waals surface area contributed by atoms with Crippen molar-refractivity contribution in [3.8, 4) is 5.75 Å². The number of fused-ring (bicyclic) bond motifs is 1. The molecule has 0 bridgehead atoms. The number of ether oxygens (including phenoxy) is 2. The number of hydrogen-bond acceptors (Lipinski definition) is 10. The van der Waals surface area contributed by atoms with E-state index in [1.54, 1.807) is 53.4 Å². The molecule has 2 aromatic carbocycles. The van der Waals surface area contributed by atoms with Gasteiger partial charge in [-0.1, -0.05) is 30.3 Å². The lowest BCUT2D eigenvalue weighted by molar-refractivity contribution is -0.894. The average Bonchev–Trinajstić information content (AvgIpc) is 3.51. The predicted molar refractivity (Wildman–Crippen MR) is 182 cm³/mol. The van der Waals surface area contributed by atoms with Crippen molar-refractivity contribution in [1.82, 2.24) is 4.90 Å². The van der Waals surface area contributed by atoms with Gasteiger partial charge in [0.15, 0.2) is 16.6 Å². The van der Waals surface area contributed by atoms with Crippen molar-refractivity contribution < 1.29 is 41.7 Å². The van der Waals surface area contributed by atoms with Crippen LogP contribution in [-0.2, 0) is 29.2 Å². The number of ketones is 1. The van der Waals surface area contributed by atoms with Crippen LogP contribution in [0, 0.1) is 0 Å². The highest BCUT2D eigenvalue weighted by atomic mass is 32.2. The van der Waals surface area contributed by atoms with Crippen LogP contribution in [0.5, 0.6) is 5.75 Å². The number of esters is 1. The molecular weight excluding hydrogens is 645 g/mol. The zero-order valence-corrected chi connectivity index (χ0v) is 28.8. The SMILES string of the molecule is CC(=O)COC(=O)CN1C(=S)N(c2ccccc2)C(=O)C1=CC=C1Oc2ccccc2N1CCCCS(=O)(=O)[O-].CC[NH+](CC)CC. The topological polar surface area (TPSA) is 141 Å². The summed E-state index contributed by atoms with van der Waals surface area (Å²) in [4.78, 5) is 43.4. The lowest BCUT2D eigenvalue weighted by Gasteiger charge is -2.19. The molecule has 1 fully saturated rings. The third-order valence-corrected chi connectivity index (χ3v) is 8.61. The molecule has 0 saturated carbocycles. The predicted octanol–water partition coefficient (Wildman–Crippen LogP) is 2.63. The van der Waals surface area contributed by atoms with Gasteiger partial charge in [-0.2, -0.15) is 0 Å². The number of hydrogen-bond donors (Lipinski definition) is 1. The number of thiocarbonyl (C=S) groups is 1. The van der Waals surface area contributed by atoms with Crippen molar-refractivity contribution in [2.24, 2.45) is 0 Å². The molecule has 1 amide bonds. The molecule has 2 heterocycles. The van der Waals surface area contributed by atoms with E-state index in [-0.39, 0.29) is 23.0 Å². The van der Waals surface area contributed by atoms with Crippen LogP contribution in [0.2, 0.25) is 0 Å². The summed E-state index contributed by atoms with van der Waals surface area (Å²) in [6.45, 7) is 11.3. The number of carbonyl (C=O) groups is 3. The van der Waals surface area contributed by atoms with Gasteiger partial charge in [-0.25, -0.2) is 8.42 Å². The minimum absolute atomic E-state index is 0.0620. The highest BCUT2D eigenvalue weighted by molar-refractivity contribution is 7.85. The lowest BCUT2D eigenvalue weighted by atomic mass is 10.2. The fraction of sp³-hybridized carbons (Fsp3) is 0.394. The number of quaternary nitrogens is 1. The fourth-order valence-electron chi connectivity index (χ4n) is 4.87. The molecule has 0 radical (unpaired) electrons. The molecule has 254 valence electrons. The Morgan fingerprint density at radius 2 is 1.60 bits per heavy atom. The first-order chi connectivity index (χ1) is 22.4. The summed E-state index contributed by atoms with van der Waals surface area (Å²) in [5.41, 5.74) is 1.33. The number of amides is 1. The standard InChI is InChI=1S/C27H27N3O8S2.C6H15N/c1-19(31)18-37-25(32)17-29-22(26(33)30(27(29)39)20-9-3-2-4-10-20)13-14-24-28(15-7-8-16-40(34,35)36)21-11-5-6-12-23(21)38-24;1-4-7(5-2)6-3/h2-6,9-14H,7-8,15-18H2,1H3,(H,34,35,36);4-6H2,1-3H3. The number of anilines is 2. The van der Waals surface area contributed by atoms with E-state index in [9.17, 15) is 27.4 Å². The maximum atomic E-state index is 13.5. The van der Waals surface area contributed by atoms with Gasteiger partial charge in [0.1, 0.15) is 18.8 Å². The van der Waals surface area contributed by atoms with Crippen molar-refractivity contribution in [1.29, 1.82) is 0 Å². The smallest absolute Gasteiger partial charge is 0.326 e. The van der Waals surface area contributed by atoms with Crippen LogP contribution in [0.25, 0.3) is 0 Å². The Labute approximate surface area is 282 Å². The Bertz CT molecular complexity index is 1580. The Kier molecular flexibility index (Phi) is 14.1. The fourth-order valence-corrected chi connectivity index (χ4v) is 5.78. The van der Waals surface area contributed by atoms with E-state index in [0.717, 1.165) is 5.69 Å². The molecule has 2 aliphatic rings. The summed E-state index contributed by atoms with van der Waals surface area (Å²) in [7, 11) is -4.32. The molecule has 0 aromatic heterocycles. The summed E-state index contributed by atoms with van der Waals surface area (Å²) < 4.78 is 44.0. The van der Waals surface area contributed by atoms with Gasteiger partial charge in [-0.05, 0) is 83.1 Å². The van der Waals surface area contributed by atoms with Crippen LogP contribution in [0.4, 0.5) is 11.4 Å². The third kappa shape index (κ3) is 10.7. The van der Waals surface area contributed by atoms with Crippen LogP contribution in [-0.4, -0.2) is 85.7 Å². The van der Waals surface area contributed by atoms with Gasteiger partial charge < -0.3 is 28.7 Å². The minimum Gasteiger partial charge on any atom is -0.748 e. The van der Waals surface area contributed by atoms with Crippen molar-refractivity contribution >= 4 is 56.5 Å². The molecule has 0 atom stereocenters. The summed E-state index contributed by atoms with van der Waals surface area (Å²) in [6, 6.07) is 15.9. The van der Waals surface area contributed by atoms with Crippen molar-refractivity contribution in [2.45, 2.75) is 40.5 Å². The summed E-state index contributed by atoms with van der Waals surface area (Å²) in [6.07, 6.45) is 3.61. The van der Waals surface area contributed by atoms with E-state index in [1.807, 2.05) is 17.0 Å². The lowest BCUT2D eigenvalue weighted by Crippen LogP contribution is -3.11. The number of carbonyl (C=O) groups excluding carboxylic acids is 3. The number of Topliss-reactive ketones (excluding diaryl/α,β-unsaturated/α-hetero) is 1. The molecule has 2 aromatic rings. The Balaban J connectivity index is 0.000000771. The molecule has 0 spiro atoms. The first-order valence-electron chi connectivity index (χ1n) is 15.5. The monoisotopic (exact) mass is 686 g/mol. The van der Waals surface area contributed by atoms with Gasteiger partial charge in [-0.3, -0.25) is 19.3 Å². The van der Waals surface area contributed by atoms with Gasteiger partial charge >= 0.3 is 5.97 Å². The molecular formula is C33H42N4O8S2. The van der Waals surface area contributed by atoms with Gasteiger partial charge in [0, 0.05) is 18.4 Å². The first kappa shape index (κ1) is 37.3. The normalized spacial score (nSPS) is 16.0. The summed E-state index contributed by atoms with van der Waals surface area (Å²) >= 11 is 5.56. The molecule has 2 aliphatic heterocycles. The zero-order valence-electron chi connectivity index (χ0n) is 27.1. The minimum atomic E-state index is -4.32. The number of rotatable bonds is 14. The molecule has 0 aliphatic carbocycles. The molecule has 14 heteroatoms. The maximum absolute atomic E-state index is 13.5. The van der Waals surface area contributed by atoms with Gasteiger partial charge in [0.25, 0.3) is 5.91 Å². The highest BCUT2D eigenvalue weighted by Gasteiger charge is 2.40. The number of para-hydroxylation sites is 3. The summed E-state index contributed by atoms with van der Waals surface area (Å²) in [5, 5.41) is 0.0620. The highest BCUT2D eigenvalue weighted by Crippen LogP contribution is 2.39. The van der Waals surface area contributed by atoms with E-state index in [1.165, 1.54) is 42.4 Å². The molecule has 4 rings (SSSR count). The van der Waals surface area contributed by atoms with Crippen LogP contribution in [0.3, 0.4) is 0 Å².